The summed E-state index contributed by atoms with van der Waals surface area (Å²) in [4.78, 5) is 27.0. The van der Waals surface area contributed by atoms with E-state index >= 15 is 0 Å². The van der Waals surface area contributed by atoms with Gasteiger partial charge in [-0.25, -0.2) is 0 Å². The number of H-pyrrole nitrogens is 1. The number of hydrogen-bond acceptors (Lipinski definition) is 6. The number of aromatic nitrogens is 1. The zero-order valence-corrected chi connectivity index (χ0v) is 13.5. The molecule has 1 atom stereocenters. The molecule has 8 heteroatoms. The minimum absolute atomic E-state index is 0.200. The maximum atomic E-state index is 12.1. The summed E-state index contributed by atoms with van der Waals surface area (Å²) in [5.74, 6) is -1.42. The molecule has 0 spiro atoms. The van der Waals surface area contributed by atoms with Crippen LogP contribution in [0, 0.1) is 9.87 Å². The molecule has 1 aromatic heterocycles. The second-order valence-electron chi connectivity index (χ2n) is 5.19. The molecule has 0 aliphatic heterocycles. The quantitative estimate of drug-likeness (QED) is 0.439. The predicted octanol–water partition coefficient (Wildman–Crippen LogP) is 1.92. The molecule has 1 heterocycles. The topological polar surface area (TPSA) is 83.2 Å². The van der Waals surface area contributed by atoms with Crippen LogP contribution < -0.4 is 10.6 Å². The van der Waals surface area contributed by atoms with Gasteiger partial charge in [0, 0.05) is 11.9 Å². The van der Waals surface area contributed by atoms with Crippen LogP contribution in [0.15, 0.2) is 5.38 Å². The molecule has 0 aliphatic carbocycles. The van der Waals surface area contributed by atoms with E-state index < -0.39 is 23.4 Å². The number of nitrogens with one attached hydrogen (secondary N) is 3. The molecular weight excluding hydrogens is 298 g/mol. The molecule has 0 fully saturated rings. The predicted molar refractivity (Wildman–Crippen MR) is 81.4 cm³/mol. The van der Waals surface area contributed by atoms with Gasteiger partial charge in [0.2, 0.25) is 5.91 Å². The molecule has 1 rings (SSSR count). The SMILES string of the molecule is CNCC(C(=O)Nc1csc(=S)[nH]1)C(=O)OC(C)(C)C. The summed E-state index contributed by atoms with van der Waals surface area (Å²) in [7, 11) is 1.67. The molecule has 0 aliphatic rings. The van der Waals surface area contributed by atoms with E-state index in [0.29, 0.717) is 9.77 Å². The highest BCUT2D eigenvalue weighted by Gasteiger charge is 2.30. The van der Waals surface area contributed by atoms with Crippen molar-refractivity contribution in [1.29, 1.82) is 0 Å². The fourth-order valence-electron chi connectivity index (χ4n) is 1.42. The molecule has 1 aromatic rings. The second kappa shape index (κ2) is 6.96. The molecular formula is C12H19N3O3S2. The Morgan fingerprint density at radius 3 is 2.60 bits per heavy atom. The van der Waals surface area contributed by atoms with Gasteiger partial charge in [0.05, 0.1) is 0 Å². The van der Waals surface area contributed by atoms with Crippen LogP contribution in [0.5, 0.6) is 0 Å². The Bertz CT molecular complexity index is 531. The number of rotatable bonds is 5. The summed E-state index contributed by atoms with van der Waals surface area (Å²) in [6.45, 7) is 5.48. The van der Waals surface area contributed by atoms with Crippen LogP contribution in [0.2, 0.25) is 0 Å². The highest BCUT2D eigenvalue weighted by Crippen LogP contribution is 2.14. The van der Waals surface area contributed by atoms with Gasteiger partial charge in [0.15, 0.2) is 3.95 Å². The van der Waals surface area contributed by atoms with E-state index in [1.807, 2.05) is 0 Å². The summed E-state index contributed by atoms with van der Waals surface area (Å²) in [6.07, 6.45) is 0. The fraction of sp³-hybridized carbons (Fsp3) is 0.583. The molecule has 1 unspecified atom stereocenters. The smallest absolute Gasteiger partial charge is 0.320 e. The van der Waals surface area contributed by atoms with Crippen molar-refractivity contribution in [1.82, 2.24) is 10.3 Å². The first-order valence-corrected chi connectivity index (χ1v) is 7.38. The Hall–Kier alpha value is -1.25. The third kappa shape index (κ3) is 5.40. The lowest BCUT2D eigenvalue weighted by Crippen LogP contribution is -2.40. The monoisotopic (exact) mass is 317 g/mol. The zero-order chi connectivity index (χ0) is 15.3. The van der Waals surface area contributed by atoms with E-state index in [1.165, 1.54) is 11.3 Å². The third-order valence-electron chi connectivity index (χ3n) is 2.19. The summed E-state index contributed by atoms with van der Waals surface area (Å²) in [6, 6.07) is 0. The summed E-state index contributed by atoms with van der Waals surface area (Å²) < 4.78 is 5.81. The first kappa shape index (κ1) is 16.8. The minimum atomic E-state index is -0.916. The van der Waals surface area contributed by atoms with Gasteiger partial charge in [-0.15, -0.1) is 11.3 Å². The third-order valence-corrected chi connectivity index (χ3v) is 3.25. The van der Waals surface area contributed by atoms with Gasteiger partial charge in [0.25, 0.3) is 0 Å². The summed E-state index contributed by atoms with van der Waals surface area (Å²) >= 11 is 6.24. The lowest BCUT2D eigenvalue weighted by molar-refractivity contribution is -0.161. The van der Waals surface area contributed by atoms with E-state index in [-0.39, 0.29) is 6.54 Å². The molecule has 20 heavy (non-hydrogen) atoms. The van der Waals surface area contributed by atoms with Crippen molar-refractivity contribution in [3.63, 3.8) is 0 Å². The number of ether oxygens (including phenoxy) is 1. The Kier molecular flexibility index (Phi) is 5.85. The van der Waals surface area contributed by atoms with Crippen LogP contribution in [0.4, 0.5) is 5.82 Å². The minimum Gasteiger partial charge on any atom is -0.459 e. The average molecular weight is 317 g/mol. The van der Waals surface area contributed by atoms with Crippen molar-refractivity contribution in [3.8, 4) is 0 Å². The molecule has 1 amide bonds. The Morgan fingerprint density at radius 2 is 2.15 bits per heavy atom. The lowest BCUT2D eigenvalue weighted by atomic mass is 10.1. The van der Waals surface area contributed by atoms with Crippen molar-refractivity contribution >= 4 is 41.2 Å². The summed E-state index contributed by atoms with van der Waals surface area (Å²) in [5, 5.41) is 7.13. The number of aromatic amines is 1. The largest absolute Gasteiger partial charge is 0.459 e. The normalized spacial score (nSPS) is 12.8. The van der Waals surface area contributed by atoms with Crippen molar-refractivity contribution in [2.24, 2.45) is 5.92 Å². The maximum Gasteiger partial charge on any atom is 0.320 e. The average Bonchev–Trinajstić information content (AvgIpc) is 2.68. The number of amides is 1. The Morgan fingerprint density at radius 1 is 1.50 bits per heavy atom. The Labute approximate surface area is 126 Å². The first-order chi connectivity index (χ1) is 9.23. The van der Waals surface area contributed by atoms with Crippen LogP contribution in [0.1, 0.15) is 20.8 Å². The Balaban J connectivity index is 2.76. The van der Waals surface area contributed by atoms with Crippen molar-refractivity contribution < 1.29 is 14.3 Å². The zero-order valence-electron chi connectivity index (χ0n) is 11.9. The van der Waals surface area contributed by atoms with E-state index in [0.717, 1.165) is 0 Å². The van der Waals surface area contributed by atoms with Crippen LogP contribution in [-0.4, -0.2) is 36.1 Å². The summed E-state index contributed by atoms with van der Waals surface area (Å²) in [5.41, 5.74) is -0.633. The van der Waals surface area contributed by atoms with E-state index in [2.05, 4.69) is 15.6 Å². The van der Waals surface area contributed by atoms with E-state index in [1.54, 1.807) is 33.2 Å². The molecule has 112 valence electrons. The highest BCUT2D eigenvalue weighted by atomic mass is 32.1. The van der Waals surface area contributed by atoms with E-state index in [4.69, 9.17) is 17.0 Å². The molecule has 0 radical (unpaired) electrons. The standard InChI is InChI=1S/C12H19N3O3S2/c1-12(2,3)18-10(17)7(5-13-4)9(16)14-8-6-20-11(19)15-8/h6-7,13H,5H2,1-4H3,(H,14,16)(H,15,19). The number of carbonyl (C=O) groups excluding carboxylic acids is 2. The van der Waals surface area contributed by atoms with Crippen molar-refractivity contribution in [2.75, 3.05) is 18.9 Å². The second-order valence-corrected chi connectivity index (χ2v) is 6.74. The number of carbonyl (C=O) groups is 2. The molecule has 3 N–H and O–H groups in total. The van der Waals surface area contributed by atoms with E-state index in [9.17, 15) is 9.59 Å². The highest BCUT2D eigenvalue weighted by molar-refractivity contribution is 7.73. The van der Waals surface area contributed by atoms with Crippen molar-refractivity contribution in [3.05, 3.63) is 9.33 Å². The molecule has 6 nitrogen and oxygen atoms in total. The van der Waals surface area contributed by atoms with Crippen molar-refractivity contribution in [2.45, 2.75) is 26.4 Å². The van der Waals surface area contributed by atoms with Gasteiger partial charge in [-0.1, -0.05) is 0 Å². The van der Waals surface area contributed by atoms with Gasteiger partial charge in [0.1, 0.15) is 17.3 Å². The van der Waals surface area contributed by atoms with Gasteiger partial charge >= 0.3 is 5.97 Å². The van der Waals surface area contributed by atoms with Gasteiger partial charge in [-0.2, -0.15) is 0 Å². The van der Waals surface area contributed by atoms with Crippen LogP contribution in [-0.2, 0) is 14.3 Å². The number of hydrogen-bond donors (Lipinski definition) is 3. The van der Waals surface area contributed by atoms with Crippen LogP contribution in [0.25, 0.3) is 0 Å². The van der Waals surface area contributed by atoms with Crippen LogP contribution in [0.3, 0.4) is 0 Å². The number of anilines is 1. The molecule has 0 saturated carbocycles. The number of thiazole rings is 1. The fourth-order valence-corrected chi connectivity index (χ4v) is 2.19. The lowest BCUT2D eigenvalue weighted by Gasteiger charge is -2.23. The maximum absolute atomic E-state index is 12.1. The first-order valence-electron chi connectivity index (χ1n) is 6.09. The van der Waals surface area contributed by atoms with Gasteiger partial charge in [-0.05, 0) is 40.0 Å². The molecule has 0 aromatic carbocycles. The molecule has 0 bridgehead atoms. The molecule has 0 saturated heterocycles. The number of esters is 1. The van der Waals surface area contributed by atoms with Crippen LogP contribution >= 0.6 is 23.6 Å². The van der Waals surface area contributed by atoms with Gasteiger partial charge < -0.3 is 20.4 Å². The van der Waals surface area contributed by atoms with Gasteiger partial charge in [-0.3, -0.25) is 9.59 Å².